The fraction of sp³-hybridized carbons (Fsp3) is 0.200. The molecule has 0 fully saturated rings. The van der Waals surface area contributed by atoms with E-state index in [0.717, 1.165) is 24.2 Å². The number of hydrogen-bond acceptors (Lipinski definition) is 6. The van der Waals surface area contributed by atoms with Gasteiger partial charge in [-0.15, -0.1) is 11.3 Å². The molecular formula is C20H19N2O5PS. The van der Waals surface area contributed by atoms with Crippen LogP contribution in [0.4, 0.5) is 5.69 Å². The zero-order valence-electron chi connectivity index (χ0n) is 15.8. The smallest absolute Gasteiger partial charge is 0.356 e. The minimum atomic E-state index is -4.35. The summed E-state index contributed by atoms with van der Waals surface area (Å²) in [5.41, 5.74) is 1.89. The molecule has 9 heteroatoms. The third kappa shape index (κ3) is 3.72. The summed E-state index contributed by atoms with van der Waals surface area (Å²) >= 11 is 1.20. The molecule has 0 aliphatic rings. The van der Waals surface area contributed by atoms with Gasteiger partial charge in [0, 0.05) is 30.2 Å². The average Bonchev–Trinajstić information content (AvgIpc) is 3.10. The summed E-state index contributed by atoms with van der Waals surface area (Å²) in [7, 11) is -4.35. The summed E-state index contributed by atoms with van der Waals surface area (Å²) in [4.78, 5) is 37.9. The van der Waals surface area contributed by atoms with Crippen molar-refractivity contribution in [3.05, 3.63) is 52.9 Å². The molecular weight excluding hydrogens is 411 g/mol. The Hall–Kier alpha value is -2.51. The van der Waals surface area contributed by atoms with Gasteiger partial charge in [0.05, 0.1) is 21.1 Å². The Morgan fingerprint density at radius 2 is 1.86 bits per heavy atom. The summed E-state index contributed by atoms with van der Waals surface area (Å²) in [6.07, 6.45) is 0. The van der Waals surface area contributed by atoms with Crippen molar-refractivity contribution < 1.29 is 18.8 Å². The van der Waals surface area contributed by atoms with E-state index in [4.69, 9.17) is 4.42 Å². The van der Waals surface area contributed by atoms with Gasteiger partial charge in [0.1, 0.15) is 10.6 Å². The van der Waals surface area contributed by atoms with E-state index < -0.39 is 13.2 Å². The average molecular weight is 430 g/mol. The van der Waals surface area contributed by atoms with E-state index in [2.05, 4.69) is 23.7 Å². The lowest BCUT2D eigenvalue weighted by molar-refractivity contribution is 0.387. The molecule has 2 aromatic heterocycles. The van der Waals surface area contributed by atoms with Gasteiger partial charge in [-0.25, -0.2) is 9.78 Å². The Morgan fingerprint density at radius 1 is 1.10 bits per heavy atom. The summed E-state index contributed by atoms with van der Waals surface area (Å²) < 4.78 is 17.6. The number of aromatic nitrogens is 1. The van der Waals surface area contributed by atoms with Crippen molar-refractivity contribution in [2.24, 2.45) is 0 Å². The molecule has 150 valence electrons. The molecule has 29 heavy (non-hydrogen) atoms. The molecule has 0 saturated carbocycles. The molecule has 0 amide bonds. The number of benzene rings is 2. The van der Waals surface area contributed by atoms with Crippen LogP contribution in [-0.4, -0.2) is 27.9 Å². The van der Waals surface area contributed by atoms with Crippen LogP contribution in [0.15, 0.2) is 51.7 Å². The Kier molecular flexibility index (Phi) is 5.04. The number of nitrogens with zero attached hydrogens (tertiary/aromatic N) is 2. The molecule has 0 bridgehead atoms. The lowest BCUT2D eigenvalue weighted by atomic mass is 10.1. The van der Waals surface area contributed by atoms with Gasteiger partial charge in [0.15, 0.2) is 0 Å². The van der Waals surface area contributed by atoms with Crippen molar-refractivity contribution in [1.29, 1.82) is 0 Å². The largest absolute Gasteiger partial charge is 0.422 e. The third-order valence-corrected chi connectivity index (χ3v) is 6.79. The van der Waals surface area contributed by atoms with E-state index in [1.165, 1.54) is 23.5 Å². The molecule has 0 spiro atoms. The van der Waals surface area contributed by atoms with Crippen LogP contribution in [0.2, 0.25) is 0 Å². The molecule has 0 saturated heterocycles. The van der Waals surface area contributed by atoms with Crippen LogP contribution < -0.4 is 15.8 Å². The van der Waals surface area contributed by atoms with Crippen molar-refractivity contribution in [2.75, 3.05) is 18.0 Å². The minimum absolute atomic E-state index is 0.0744. The van der Waals surface area contributed by atoms with Gasteiger partial charge < -0.3 is 19.1 Å². The molecule has 0 unspecified atom stereocenters. The van der Waals surface area contributed by atoms with Crippen LogP contribution in [0.3, 0.4) is 0 Å². The first-order valence-electron chi connectivity index (χ1n) is 9.10. The van der Waals surface area contributed by atoms with Gasteiger partial charge in [-0.05, 0) is 50.2 Å². The number of fused-ring (bicyclic) bond motifs is 2. The van der Waals surface area contributed by atoms with Crippen LogP contribution in [0, 0.1) is 0 Å². The van der Waals surface area contributed by atoms with Crippen molar-refractivity contribution in [3.8, 4) is 10.6 Å². The number of rotatable bonds is 5. The van der Waals surface area contributed by atoms with E-state index in [0.29, 0.717) is 26.4 Å². The maximum atomic E-state index is 12.6. The van der Waals surface area contributed by atoms with E-state index in [1.54, 1.807) is 12.1 Å². The van der Waals surface area contributed by atoms with Crippen molar-refractivity contribution in [3.63, 3.8) is 0 Å². The lowest BCUT2D eigenvalue weighted by Crippen LogP contribution is -2.21. The second-order valence-electron chi connectivity index (χ2n) is 6.56. The van der Waals surface area contributed by atoms with E-state index in [9.17, 15) is 19.1 Å². The van der Waals surface area contributed by atoms with Crippen molar-refractivity contribution in [1.82, 2.24) is 4.98 Å². The molecule has 4 rings (SSSR count). The molecule has 0 aliphatic heterocycles. The summed E-state index contributed by atoms with van der Waals surface area (Å²) in [6, 6.07) is 11.8. The third-order valence-electron chi connectivity index (χ3n) is 4.79. The summed E-state index contributed by atoms with van der Waals surface area (Å²) in [6.45, 7) is 5.84. The van der Waals surface area contributed by atoms with E-state index >= 15 is 0 Å². The SMILES string of the molecule is CCN(CC)c1ccc2cc(-c3nc4ccc(P(=O)(O)O)cc4s3)c(=O)oc2c1. The number of hydrogen-bond donors (Lipinski definition) is 2. The Morgan fingerprint density at radius 3 is 2.55 bits per heavy atom. The quantitative estimate of drug-likeness (QED) is 0.367. The van der Waals surface area contributed by atoms with Gasteiger partial charge in [0.2, 0.25) is 0 Å². The van der Waals surface area contributed by atoms with Crippen LogP contribution in [0.25, 0.3) is 31.8 Å². The molecule has 2 aromatic carbocycles. The van der Waals surface area contributed by atoms with Gasteiger partial charge in [-0.2, -0.15) is 0 Å². The van der Waals surface area contributed by atoms with E-state index in [-0.39, 0.29) is 5.30 Å². The molecule has 0 radical (unpaired) electrons. The molecule has 7 nitrogen and oxygen atoms in total. The number of anilines is 1. The van der Waals surface area contributed by atoms with Gasteiger partial charge >= 0.3 is 13.2 Å². The lowest BCUT2D eigenvalue weighted by Gasteiger charge is -2.20. The first kappa shape index (κ1) is 19.8. The normalized spacial score (nSPS) is 12.0. The van der Waals surface area contributed by atoms with Crippen LogP contribution in [0.1, 0.15) is 13.8 Å². The van der Waals surface area contributed by atoms with Crippen molar-refractivity contribution >= 4 is 51.1 Å². The van der Waals surface area contributed by atoms with Crippen LogP contribution in [-0.2, 0) is 4.57 Å². The van der Waals surface area contributed by atoms with Crippen LogP contribution in [0.5, 0.6) is 0 Å². The highest BCUT2D eigenvalue weighted by Gasteiger charge is 2.19. The predicted octanol–water partition coefficient (Wildman–Crippen LogP) is 3.72. The van der Waals surface area contributed by atoms with Gasteiger partial charge in [-0.1, -0.05) is 0 Å². The minimum Gasteiger partial charge on any atom is -0.422 e. The molecule has 2 heterocycles. The molecule has 0 aliphatic carbocycles. The fourth-order valence-corrected chi connectivity index (χ4v) is 4.91. The van der Waals surface area contributed by atoms with E-state index in [1.807, 2.05) is 18.2 Å². The number of thiazole rings is 1. The maximum Gasteiger partial charge on any atom is 0.356 e. The zero-order valence-corrected chi connectivity index (χ0v) is 17.5. The molecule has 0 atom stereocenters. The second-order valence-corrected chi connectivity index (χ2v) is 9.19. The second kappa shape index (κ2) is 7.39. The predicted molar refractivity (Wildman–Crippen MR) is 116 cm³/mol. The zero-order chi connectivity index (χ0) is 20.8. The topological polar surface area (TPSA) is 104 Å². The first-order valence-corrected chi connectivity index (χ1v) is 11.5. The standard InChI is InChI=1S/C20H19N2O5PS/c1-3-22(4-2)13-6-5-12-9-15(20(23)27-17(12)10-13)19-21-16-8-7-14(28(24,25)26)11-18(16)29-19/h5-11H,3-4H2,1-2H3,(H2,24,25,26). The Labute approximate surface area is 170 Å². The first-order chi connectivity index (χ1) is 13.8. The van der Waals surface area contributed by atoms with Crippen LogP contribution >= 0.6 is 18.9 Å². The van der Waals surface area contributed by atoms with Gasteiger partial charge in [-0.3, -0.25) is 4.57 Å². The molecule has 2 N–H and O–H groups in total. The highest BCUT2D eigenvalue weighted by atomic mass is 32.1. The highest BCUT2D eigenvalue weighted by molar-refractivity contribution is 7.60. The maximum absolute atomic E-state index is 12.6. The highest BCUT2D eigenvalue weighted by Crippen LogP contribution is 2.36. The Balaban J connectivity index is 1.81. The molecule has 4 aromatic rings. The fourth-order valence-electron chi connectivity index (χ4n) is 3.24. The Bertz CT molecular complexity index is 1320. The monoisotopic (exact) mass is 430 g/mol. The summed E-state index contributed by atoms with van der Waals surface area (Å²) in [5.74, 6) is 0. The summed E-state index contributed by atoms with van der Waals surface area (Å²) in [5, 5.41) is 1.16. The van der Waals surface area contributed by atoms with Crippen molar-refractivity contribution in [2.45, 2.75) is 13.8 Å². The van der Waals surface area contributed by atoms with Gasteiger partial charge in [0.25, 0.3) is 0 Å².